The highest BCUT2D eigenvalue weighted by molar-refractivity contribution is 5.63. The Hall–Kier alpha value is -1.24. The number of methoxy groups -OCH3 is 1. The molecule has 0 heterocycles. The Morgan fingerprint density at radius 1 is 1.38 bits per heavy atom. The summed E-state index contributed by atoms with van der Waals surface area (Å²) in [7, 11) is 1.72. The molecule has 0 radical (unpaired) electrons. The number of hydrogen-bond donors (Lipinski definition) is 0. The van der Waals surface area contributed by atoms with Crippen LogP contribution in [0.3, 0.4) is 0 Å². The van der Waals surface area contributed by atoms with Crippen LogP contribution in [-0.4, -0.2) is 7.11 Å². The fourth-order valence-corrected chi connectivity index (χ4v) is 1.81. The number of rotatable bonds is 1. The maximum absolute atomic E-state index is 5.30. The zero-order valence-electron chi connectivity index (χ0n) is 8.08. The van der Waals surface area contributed by atoms with Crippen LogP contribution >= 0.6 is 0 Å². The van der Waals surface area contributed by atoms with Gasteiger partial charge in [0, 0.05) is 5.56 Å². The zero-order chi connectivity index (χ0) is 9.26. The summed E-state index contributed by atoms with van der Waals surface area (Å²) in [5.41, 5.74) is 2.65. The lowest BCUT2D eigenvalue weighted by molar-refractivity contribution is 0.412. The Labute approximate surface area is 79.0 Å². The SMILES string of the molecule is COc1cccc2c1C=CC(C)C2. The molecule has 0 saturated heterocycles. The molecule has 0 amide bonds. The second-order valence-corrected chi connectivity index (χ2v) is 3.57. The fourth-order valence-electron chi connectivity index (χ4n) is 1.81. The first kappa shape index (κ1) is 8.36. The molecule has 1 unspecified atom stereocenters. The fraction of sp³-hybridized carbons (Fsp3) is 0.333. The van der Waals surface area contributed by atoms with Gasteiger partial charge in [-0.1, -0.05) is 31.2 Å². The van der Waals surface area contributed by atoms with Crippen LogP contribution < -0.4 is 4.74 Å². The van der Waals surface area contributed by atoms with Gasteiger partial charge in [-0.25, -0.2) is 0 Å². The van der Waals surface area contributed by atoms with Crippen molar-refractivity contribution in [2.24, 2.45) is 5.92 Å². The van der Waals surface area contributed by atoms with E-state index >= 15 is 0 Å². The number of hydrogen-bond acceptors (Lipinski definition) is 1. The van der Waals surface area contributed by atoms with Crippen LogP contribution in [0.25, 0.3) is 6.08 Å². The summed E-state index contributed by atoms with van der Waals surface area (Å²) in [6, 6.07) is 6.25. The van der Waals surface area contributed by atoms with Crippen LogP contribution in [0.5, 0.6) is 5.75 Å². The van der Waals surface area contributed by atoms with Crippen LogP contribution in [0, 0.1) is 5.92 Å². The second-order valence-electron chi connectivity index (χ2n) is 3.57. The molecule has 1 heteroatoms. The van der Waals surface area contributed by atoms with Gasteiger partial charge in [0.25, 0.3) is 0 Å². The highest BCUT2D eigenvalue weighted by Gasteiger charge is 2.12. The van der Waals surface area contributed by atoms with Crippen LogP contribution in [0.2, 0.25) is 0 Å². The molecule has 68 valence electrons. The van der Waals surface area contributed by atoms with E-state index in [1.807, 2.05) is 6.07 Å². The second kappa shape index (κ2) is 3.25. The molecule has 0 fully saturated rings. The molecule has 1 aromatic carbocycles. The van der Waals surface area contributed by atoms with Crippen LogP contribution in [0.1, 0.15) is 18.1 Å². The Balaban J connectivity index is 2.49. The largest absolute Gasteiger partial charge is 0.496 e. The van der Waals surface area contributed by atoms with Gasteiger partial charge >= 0.3 is 0 Å². The molecule has 1 aliphatic carbocycles. The molecule has 1 aliphatic rings. The van der Waals surface area contributed by atoms with Crippen molar-refractivity contribution < 1.29 is 4.74 Å². The predicted molar refractivity (Wildman–Crippen MR) is 54.9 cm³/mol. The first-order valence-electron chi connectivity index (χ1n) is 4.65. The lowest BCUT2D eigenvalue weighted by Gasteiger charge is -2.17. The third kappa shape index (κ3) is 1.46. The Kier molecular flexibility index (Phi) is 2.09. The molecular weight excluding hydrogens is 160 g/mol. The molecule has 0 aromatic heterocycles. The molecule has 1 nitrogen and oxygen atoms in total. The summed E-state index contributed by atoms with van der Waals surface area (Å²) in [5, 5.41) is 0. The average molecular weight is 174 g/mol. The van der Waals surface area contributed by atoms with E-state index in [-0.39, 0.29) is 0 Å². The van der Waals surface area contributed by atoms with Gasteiger partial charge in [-0.2, -0.15) is 0 Å². The Morgan fingerprint density at radius 3 is 3.00 bits per heavy atom. The van der Waals surface area contributed by atoms with E-state index in [9.17, 15) is 0 Å². The predicted octanol–water partition coefficient (Wildman–Crippen LogP) is 2.90. The maximum atomic E-state index is 5.30. The van der Waals surface area contributed by atoms with Crippen LogP contribution in [-0.2, 0) is 6.42 Å². The monoisotopic (exact) mass is 174 g/mol. The van der Waals surface area contributed by atoms with Gasteiger partial charge in [-0.05, 0) is 24.0 Å². The van der Waals surface area contributed by atoms with Crippen molar-refractivity contribution in [2.75, 3.05) is 7.11 Å². The van der Waals surface area contributed by atoms with Crippen LogP contribution in [0.4, 0.5) is 0 Å². The molecule has 13 heavy (non-hydrogen) atoms. The van der Waals surface area contributed by atoms with Gasteiger partial charge in [0.2, 0.25) is 0 Å². The molecule has 1 atom stereocenters. The van der Waals surface area contributed by atoms with Crippen molar-refractivity contribution in [3.63, 3.8) is 0 Å². The minimum atomic E-state index is 0.652. The van der Waals surface area contributed by atoms with Gasteiger partial charge in [0.1, 0.15) is 5.75 Å². The van der Waals surface area contributed by atoms with Gasteiger partial charge in [0.15, 0.2) is 0 Å². The van der Waals surface area contributed by atoms with Crippen molar-refractivity contribution in [2.45, 2.75) is 13.3 Å². The standard InChI is InChI=1S/C12H14O/c1-9-6-7-11-10(8-9)4-3-5-12(11)13-2/h3-7,9H,8H2,1-2H3. The number of ether oxygens (including phenoxy) is 1. The van der Waals surface area contributed by atoms with Crippen molar-refractivity contribution >= 4 is 6.08 Å². The Bertz CT molecular complexity index is 339. The van der Waals surface area contributed by atoms with E-state index in [0.29, 0.717) is 5.92 Å². The molecule has 0 aliphatic heterocycles. The first-order valence-corrected chi connectivity index (χ1v) is 4.65. The van der Waals surface area contributed by atoms with Gasteiger partial charge in [0.05, 0.1) is 7.11 Å². The molecular formula is C12H14O. The molecule has 1 aromatic rings. The summed E-state index contributed by atoms with van der Waals surface area (Å²) >= 11 is 0. The number of benzene rings is 1. The number of allylic oxidation sites excluding steroid dienone is 1. The van der Waals surface area contributed by atoms with Crippen molar-refractivity contribution in [1.29, 1.82) is 0 Å². The average Bonchev–Trinajstić information content (AvgIpc) is 2.16. The molecule has 2 rings (SSSR count). The van der Waals surface area contributed by atoms with Crippen molar-refractivity contribution in [1.82, 2.24) is 0 Å². The maximum Gasteiger partial charge on any atom is 0.126 e. The number of fused-ring (bicyclic) bond motifs is 1. The van der Waals surface area contributed by atoms with E-state index in [4.69, 9.17) is 4.74 Å². The minimum absolute atomic E-state index is 0.652. The van der Waals surface area contributed by atoms with E-state index < -0.39 is 0 Å². The smallest absolute Gasteiger partial charge is 0.126 e. The zero-order valence-corrected chi connectivity index (χ0v) is 8.08. The molecule has 0 N–H and O–H groups in total. The van der Waals surface area contributed by atoms with E-state index in [2.05, 4.69) is 31.2 Å². The highest BCUT2D eigenvalue weighted by atomic mass is 16.5. The first-order chi connectivity index (χ1) is 6.31. The summed E-state index contributed by atoms with van der Waals surface area (Å²) in [5.74, 6) is 1.64. The van der Waals surface area contributed by atoms with E-state index in [0.717, 1.165) is 12.2 Å². The quantitative estimate of drug-likeness (QED) is 0.636. The van der Waals surface area contributed by atoms with Gasteiger partial charge < -0.3 is 4.74 Å². The minimum Gasteiger partial charge on any atom is -0.496 e. The lowest BCUT2D eigenvalue weighted by Crippen LogP contribution is -2.04. The molecule has 0 spiro atoms. The van der Waals surface area contributed by atoms with Gasteiger partial charge in [-0.15, -0.1) is 0 Å². The highest BCUT2D eigenvalue weighted by Crippen LogP contribution is 2.29. The normalized spacial score (nSPS) is 19.7. The van der Waals surface area contributed by atoms with Crippen molar-refractivity contribution in [3.8, 4) is 5.75 Å². The summed E-state index contributed by atoms with van der Waals surface area (Å²) < 4.78 is 5.30. The molecule has 0 saturated carbocycles. The van der Waals surface area contributed by atoms with Crippen molar-refractivity contribution in [3.05, 3.63) is 35.4 Å². The molecule has 0 bridgehead atoms. The summed E-state index contributed by atoms with van der Waals surface area (Å²) in [6.07, 6.45) is 5.54. The van der Waals surface area contributed by atoms with Gasteiger partial charge in [-0.3, -0.25) is 0 Å². The topological polar surface area (TPSA) is 9.23 Å². The van der Waals surface area contributed by atoms with E-state index in [1.54, 1.807) is 7.11 Å². The van der Waals surface area contributed by atoms with E-state index in [1.165, 1.54) is 11.1 Å². The lowest BCUT2D eigenvalue weighted by atomic mass is 9.90. The third-order valence-electron chi connectivity index (χ3n) is 2.51. The summed E-state index contributed by atoms with van der Waals surface area (Å²) in [6.45, 7) is 2.24. The van der Waals surface area contributed by atoms with Crippen LogP contribution in [0.15, 0.2) is 24.3 Å². The third-order valence-corrected chi connectivity index (χ3v) is 2.51. The summed E-state index contributed by atoms with van der Waals surface area (Å²) in [4.78, 5) is 0. The Morgan fingerprint density at radius 2 is 2.23 bits per heavy atom.